The van der Waals surface area contributed by atoms with Crippen molar-refractivity contribution in [2.45, 2.75) is 0 Å². The van der Waals surface area contributed by atoms with Crippen LogP contribution >= 0.6 is 22.6 Å². The molecule has 1 N–H and O–H groups in total. The first-order valence-corrected chi connectivity index (χ1v) is 6.66. The summed E-state index contributed by atoms with van der Waals surface area (Å²) in [5, 5.41) is 2.67. The highest BCUT2D eigenvalue weighted by molar-refractivity contribution is 14.1. The van der Waals surface area contributed by atoms with Crippen molar-refractivity contribution in [3.63, 3.8) is 0 Å². The molecule has 18 heavy (non-hydrogen) atoms. The van der Waals surface area contributed by atoms with Crippen LogP contribution in [0, 0.1) is 3.57 Å². The van der Waals surface area contributed by atoms with E-state index < -0.39 is 0 Å². The van der Waals surface area contributed by atoms with Gasteiger partial charge in [0.25, 0.3) is 5.91 Å². The van der Waals surface area contributed by atoms with Crippen molar-refractivity contribution in [1.82, 2.24) is 10.2 Å². The standard InChI is InChI=1S/C12H13IN2O3/c13-9-3-1-2-4-10(9)18-8-12(17)15-6-5-14-11(16)7-15/h1-4H,5-8H2,(H,14,16). The number of ether oxygens (including phenoxy) is 1. The summed E-state index contributed by atoms with van der Waals surface area (Å²) < 4.78 is 6.41. The molecule has 1 saturated heterocycles. The molecule has 1 aromatic carbocycles. The molecule has 6 heteroatoms. The number of hydrogen-bond donors (Lipinski definition) is 1. The molecule has 0 saturated carbocycles. The summed E-state index contributed by atoms with van der Waals surface area (Å²) in [6.45, 7) is 1.13. The molecular weight excluding hydrogens is 347 g/mol. The molecule has 2 amide bonds. The second kappa shape index (κ2) is 6.03. The predicted octanol–water partition coefficient (Wildman–Crippen LogP) is 0.628. The number of para-hydroxylation sites is 1. The zero-order valence-corrected chi connectivity index (χ0v) is 11.8. The van der Waals surface area contributed by atoms with E-state index >= 15 is 0 Å². The summed E-state index contributed by atoms with van der Waals surface area (Å²) in [7, 11) is 0. The number of hydrogen-bond acceptors (Lipinski definition) is 3. The lowest BCUT2D eigenvalue weighted by atomic mass is 10.3. The van der Waals surface area contributed by atoms with Crippen LogP contribution in [0.15, 0.2) is 24.3 Å². The van der Waals surface area contributed by atoms with Gasteiger partial charge in [0.15, 0.2) is 6.61 Å². The van der Waals surface area contributed by atoms with Crippen molar-refractivity contribution in [2.75, 3.05) is 26.2 Å². The third-order valence-corrected chi connectivity index (χ3v) is 3.47. The van der Waals surface area contributed by atoms with Crippen LogP contribution in [0.1, 0.15) is 0 Å². The minimum Gasteiger partial charge on any atom is -0.483 e. The van der Waals surface area contributed by atoms with E-state index in [4.69, 9.17) is 4.74 Å². The molecule has 2 rings (SSSR count). The van der Waals surface area contributed by atoms with Crippen molar-refractivity contribution < 1.29 is 14.3 Å². The number of nitrogens with zero attached hydrogens (tertiary/aromatic N) is 1. The van der Waals surface area contributed by atoms with Crippen molar-refractivity contribution in [1.29, 1.82) is 0 Å². The molecule has 0 aromatic heterocycles. The highest BCUT2D eigenvalue weighted by Crippen LogP contribution is 2.19. The van der Waals surface area contributed by atoms with Crippen molar-refractivity contribution >= 4 is 34.4 Å². The highest BCUT2D eigenvalue weighted by Gasteiger charge is 2.21. The van der Waals surface area contributed by atoms with Gasteiger partial charge >= 0.3 is 0 Å². The number of carbonyl (C=O) groups excluding carboxylic acids is 2. The maximum atomic E-state index is 11.8. The van der Waals surface area contributed by atoms with Crippen molar-refractivity contribution in [3.05, 3.63) is 27.8 Å². The largest absolute Gasteiger partial charge is 0.483 e. The van der Waals surface area contributed by atoms with Crippen LogP contribution in [0.25, 0.3) is 0 Å². The van der Waals surface area contributed by atoms with E-state index in [0.717, 1.165) is 3.57 Å². The minimum atomic E-state index is -0.162. The lowest BCUT2D eigenvalue weighted by molar-refractivity contribution is -0.139. The van der Waals surface area contributed by atoms with Crippen LogP contribution < -0.4 is 10.1 Å². The van der Waals surface area contributed by atoms with E-state index in [1.165, 1.54) is 4.90 Å². The van der Waals surface area contributed by atoms with Crippen LogP contribution in [-0.4, -0.2) is 43.0 Å². The van der Waals surface area contributed by atoms with Gasteiger partial charge in [-0.1, -0.05) is 12.1 Å². The summed E-state index contributed by atoms with van der Waals surface area (Å²) in [6.07, 6.45) is 0. The topological polar surface area (TPSA) is 58.6 Å². The van der Waals surface area contributed by atoms with Gasteiger partial charge in [0, 0.05) is 13.1 Å². The van der Waals surface area contributed by atoms with Gasteiger partial charge in [-0.15, -0.1) is 0 Å². The molecule has 5 nitrogen and oxygen atoms in total. The Bertz CT molecular complexity index is 464. The average Bonchev–Trinajstić information content (AvgIpc) is 2.37. The summed E-state index contributed by atoms with van der Waals surface area (Å²) in [5.74, 6) is 0.404. The predicted molar refractivity (Wildman–Crippen MR) is 74.2 cm³/mol. The Morgan fingerprint density at radius 2 is 2.22 bits per heavy atom. The molecular formula is C12H13IN2O3. The van der Waals surface area contributed by atoms with Crippen molar-refractivity contribution in [3.8, 4) is 5.75 Å². The summed E-state index contributed by atoms with van der Waals surface area (Å²) in [5.41, 5.74) is 0. The molecule has 0 aliphatic carbocycles. The zero-order chi connectivity index (χ0) is 13.0. The molecule has 1 aliphatic rings. The smallest absolute Gasteiger partial charge is 0.261 e. The van der Waals surface area contributed by atoms with E-state index in [1.54, 1.807) is 0 Å². The Labute approximate surface area is 119 Å². The number of halogens is 1. The van der Waals surface area contributed by atoms with Gasteiger partial charge in [-0.25, -0.2) is 0 Å². The van der Waals surface area contributed by atoms with Gasteiger partial charge in [-0.3, -0.25) is 9.59 Å². The van der Waals surface area contributed by atoms with E-state index in [1.807, 2.05) is 24.3 Å². The molecule has 1 aliphatic heterocycles. The van der Waals surface area contributed by atoms with E-state index in [9.17, 15) is 9.59 Å². The Hall–Kier alpha value is -1.31. The van der Waals surface area contributed by atoms with Gasteiger partial charge < -0.3 is 15.0 Å². The van der Waals surface area contributed by atoms with E-state index in [2.05, 4.69) is 27.9 Å². The molecule has 96 valence electrons. The Balaban J connectivity index is 1.88. The first-order chi connectivity index (χ1) is 8.66. The number of amides is 2. The highest BCUT2D eigenvalue weighted by atomic mass is 127. The maximum absolute atomic E-state index is 11.8. The zero-order valence-electron chi connectivity index (χ0n) is 9.69. The number of carbonyl (C=O) groups is 2. The molecule has 0 unspecified atom stereocenters. The minimum absolute atomic E-state index is 0.0344. The van der Waals surface area contributed by atoms with Gasteiger partial charge in [-0.2, -0.15) is 0 Å². The quantitative estimate of drug-likeness (QED) is 0.805. The molecule has 0 spiro atoms. The lowest BCUT2D eigenvalue weighted by Gasteiger charge is -2.26. The normalized spacial score (nSPS) is 15.2. The van der Waals surface area contributed by atoms with Gasteiger partial charge in [0.1, 0.15) is 5.75 Å². The number of piperazine rings is 1. The van der Waals surface area contributed by atoms with Crippen LogP contribution in [0.4, 0.5) is 0 Å². The molecule has 1 fully saturated rings. The lowest BCUT2D eigenvalue weighted by Crippen LogP contribution is -2.51. The number of nitrogens with one attached hydrogen (secondary N) is 1. The fourth-order valence-electron chi connectivity index (χ4n) is 1.64. The molecule has 0 atom stereocenters. The van der Waals surface area contributed by atoms with Gasteiger partial charge in [0.2, 0.25) is 5.91 Å². The first kappa shape index (κ1) is 13.1. The molecule has 0 bridgehead atoms. The van der Waals surface area contributed by atoms with Crippen molar-refractivity contribution in [2.24, 2.45) is 0 Å². The van der Waals surface area contributed by atoms with Gasteiger partial charge in [0.05, 0.1) is 10.1 Å². The molecule has 1 aromatic rings. The summed E-state index contributed by atoms with van der Waals surface area (Å²) in [6, 6.07) is 7.49. The molecule has 0 radical (unpaired) electrons. The van der Waals surface area contributed by atoms with Crippen LogP contribution in [0.3, 0.4) is 0 Å². The van der Waals surface area contributed by atoms with E-state index in [-0.39, 0.29) is 25.0 Å². The third kappa shape index (κ3) is 3.34. The summed E-state index contributed by atoms with van der Waals surface area (Å²) >= 11 is 2.15. The second-order valence-corrected chi connectivity index (χ2v) is 5.05. The number of benzene rings is 1. The maximum Gasteiger partial charge on any atom is 0.261 e. The monoisotopic (exact) mass is 360 g/mol. The van der Waals surface area contributed by atoms with Crippen LogP contribution in [0.2, 0.25) is 0 Å². The Morgan fingerprint density at radius 3 is 2.94 bits per heavy atom. The average molecular weight is 360 g/mol. The van der Waals surface area contributed by atoms with Gasteiger partial charge in [-0.05, 0) is 34.7 Å². The van der Waals surface area contributed by atoms with Crippen LogP contribution in [0.5, 0.6) is 5.75 Å². The fourth-order valence-corrected chi connectivity index (χ4v) is 2.19. The van der Waals surface area contributed by atoms with E-state index in [0.29, 0.717) is 18.8 Å². The third-order valence-electron chi connectivity index (χ3n) is 2.58. The fraction of sp³-hybridized carbons (Fsp3) is 0.333. The Morgan fingerprint density at radius 1 is 1.44 bits per heavy atom. The van der Waals surface area contributed by atoms with Crippen LogP contribution in [-0.2, 0) is 9.59 Å². The first-order valence-electron chi connectivity index (χ1n) is 5.58. The summed E-state index contributed by atoms with van der Waals surface area (Å²) in [4.78, 5) is 24.5. The SMILES string of the molecule is O=C1CN(C(=O)COc2ccccc2I)CCN1. The number of rotatable bonds is 3. The molecule has 1 heterocycles. The Kier molecular flexibility index (Phi) is 4.40. The second-order valence-electron chi connectivity index (χ2n) is 3.88.